The third kappa shape index (κ3) is 5.17. The van der Waals surface area contributed by atoms with Crippen LogP contribution in [-0.4, -0.2) is 52.5 Å². The quantitative estimate of drug-likeness (QED) is 0.203. The molecule has 0 atom stereocenters. The number of nitrogens with two attached hydrogens (primary N) is 1. The SMILES string of the molecule is CC(C)[Si](C#Cc1ccc2nc(-n3ccnc3)nc(CCOCCO)c2c1N)(C(C)C)C(C)C. The first-order valence-electron chi connectivity index (χ1n) is 12.0. The molecule has 0 aliphatic carbocycles. The molecule has 3 N–H and O–H groups in total. The van der Waals surface area contributed by atoms with Crippen LogP contribution in [0, 0.1) is 11.5 Å². The maximum absolute atomic E-state index is 9.03. The summed E-state index contributed by atoms with van der Waals surface area (Å²) in [6.07, 6.45) is 5.72. The lowest BCUT2D eigenvalue weighted by Crippen LogP contribution is -2.43. The molecule has 2 heterocycles. The van der Waals surface area contributed by atoms with Gasteiger partial charge in [0.15, 0.2) is 0 Å². The van der Waals surface area contributed by atoms with Crippen molar-refractivity contribution in [3.8, 4) is 17.4 Å². The van der Waals surface area contributed by atoms with Gasteiger partial charge in [0, 0.05) is 29.8 Å². The third-order valence-corrected chi connectivity index (χ3v) is 13.0. The lowest BCUT2D eigenvalue weighted by Gasteiger charge is -2.38. The Morgan fingerprint density at radius 1 is 1.06 bits per heavy atom. The number of nitrogen functional groups attached to an aromatic ring is 1. The van der Waals surface area contributed by atoms with Gasteiger partial charge in [-0.25, -0.2) is 15.0 Å². The van der Waals surface area contributed by atoms with Gasteiger partial charge in [-0.2, -0.15) is 0 Å². The molecule has 0 bridgehead atoms. The Hall–Kier alpha value is -2.73. The predicted octanol–water partition coefficient (Wildman–Crippen LogP) is 4.52. The van der Waals surface area contributed by atoms with E-state index in [0.29, 0.717) is 41.3 Å². The van der Waals surface area contributed by atoms with Crippen LogP contribution < -0.4 is 5.73 Å². The van der Waals surface area contributed by atoms with E-state index in [9.17, 15) is 0 Å². The Balaban J connectivity index is 2.14. The predicted molar refractivity (Wildman–Crippen MR) is 141 cm³/mol. The van der Waals surface area contributed by atoms with Gasteiger partial charge in [0.05, 0.1) is 36.7 Å². The number of hydrogen-bond donors (Lipinski definition) is 2. The molecule has 0 aliphatic rings. The molecule has 0 spiro atoms. The average molecular weight is 480 g/mol. The third-order valence-electron chi connectivity index (χ3n) is 6.70. The maximum atomic E-state index is 9.03. The molecule has 3 rings (SSSR count). The molecular formula is C26H37N5O2Si. The van der Waals surface area contributed by atoms with E-state index in [1.54, 1.807) is 17.1 Å². The van der Waals surface area contributed by atoms with Crippen molar-refractivity contribution in [3.05, 3.63) is 42.1 Å². The van der Waals surface area contributed by atoms with Crippen LogP contribution in [0.3, 0.4) is 0 Å². The van der Waals surface area contributed by atoms with Crippen molar-refractivity contribution in [1.29, 1.82) is 0 Å². The molecule has 0 unspecified atom stereocenters. The fourth-order valence-corrected chi connectivity index (χ4v) is 10.3. The van der Waals surface area contributed by atoms with Crippen LogP contribution in [0.5, 0.6) is 0 Å². The molecule has 8 heteroatoms. The van der Waals surface area contributed by atoms with Crippen molar-refractivity contribution in [1.82, 2.24) is 19.5 Å². The molecule has 2 aromatic heterocycles. The largest absolute Gasteiger partial charge is 0.397 e. The van der Waals surface area contributed by atoms with Gasteiger partial charge in [-0.15, -0.1) is 5.54 Å². The minimum absolute atomic E-state index is 0.0140. The number of imidazole rings is 1. The Labute approximate surface area is 203 Å². The molecule has 3 aromatic rings. The number of rotatable bonds is 9. The van der Waals surface area contributed by atoms with Gasteiger partial charge >= 0.3 is 0 Å². The van der Waals surface area contributed by atoms with Crippen LogP contribution >= 0.6 is 0 Å². The minimum atomic E-state index is -1.89. The summed E-state index contributed by atoms with van der Waals surface area (Å²) in [7, 11) is -1.89. The van der Waals surface area contributed by atoms with E-state index in [-0.39, 0.29) is 13.2 Å². The van der Waals surface area contributed by atoms with Crippen molar-refractivity contribution >= 4 is 24.7 Å². The number of nitrogens with zero attached hydrogens (tertiary/aromatic N) is 4. The smallest absolute Gasteiger partial charge is 0.235 e. The second kappa shape index (κ2) is 11.1. The molecule has 0 saturated heterocycles. The molecule has 0 aliphatic heterocycles. The van der Waals surface area contributed by atoms with Crippen molar-refractivity contribution < 1.29 is 9.84 Å². The molecule has 182 valence electrons. The number of aromatic nitrogens is 4. The van der Waals surface area contributed by atoms with E-state index < -0.39 is 8.07 Å². The second-order valence-corrected chi connectivity index (χ2v) is 15.2. The fourth-order valence-electron chi connectivity index (χ4n) is 5.04. The zero-order chi connectivity index (χ0) is 24.9. The topological polar surface area (TPSA) is 99.1 Å². The molecule has 0 amide bonds. The molecule has 0 fully saturated rings. The van der Waals surface area contributed by atoms with Crippen LogP contribution in [0.4, 0.5) is 5.69 Å². The van der Waals surface area contributed by atoms with E-state index in [1.165, 1.54) is 0 Å². The Morgan fingerprint density at radius 3 is 2.35 bits per heavy atom. The number of anilines is 1. The van der Waals surface area contributed by atoms with Crippen LogP contribution in [0.2, 0.25) is 16.6 Å². The zero-order valence-electron chi connectivity index (χ0n) is 21.2. The molecule has 7 nitrogen and oxygen atoms in total. The van der Waals surface area contributed by atoms with Crippen LogP contribution in [0.15, 0.2) is 30.9 Å². The number of benzene rings is 1. The normalized spacial score (nSPS) is 12.1. The van der Waals surface area contributed by atoms with Gasteiger partial charge in [-0.3, -0.25) is 4.57 Å². The van der Waals surface area contributed by atoms with Crippen LogP contribution in [0.25, 0.3) is 16.9 Å². The number of ether oxygens (including phenoxy) is 1. The lowest BCUT2D eigenvalue weighted by atomic mass is 10.1. The van der Waals surface area contributed by atoms with Gasteiger partial charge in [0.25, 0.3) is 0 Å². The minimum Gasteiger partial charge on any atom is -0.397 e. The monoisotopic (exact) mass is 479 g/mol. The molecule has 34 heavy (non-hydrogen) atoms. The first-order valence-corrected chi connectivity index (χ1v) is 14.2. The van der Waals surface area contributed by atoms with E-state index >= 15 is 0 Å². The number of fused-ring (bicyclic) bond motifs is 1. The second-order valence-electron chi connectivity index (χ2n) is 9.59. The van der Waals surface area contributed by atoms with E-state index in [4.69, 9.17) is 25.5 Å². The van der Waals surface area contributed by atoms with Crippen molar-refractivity contribution in [2.75, 3.05) is 25.6 Å². The number of aliphatic hydroxyl groups is 1. The molecule has 1 aromatic carbocycles. The highest BCUT2D eigenvalue weighted by Crippen LogP contribution is 2.41. The van der Waals surface area contributed by atoms with Crippen LogP contribution in [0.1, 0.15) is 52.8 Å². The molecular weight excluding hydrogens is 442 g/mol. The fraction of sp³-hybridized carbons (Fsp3) is 0.500. The van der Waals surface area contributed by atoms with Gasteiger partial charge in [0.1, 0.15) is 14.4 Å². The summed E-state index contributed by atoms with van der Waals surface area (Å²) in [4.78, 5) is 13.6. The summed E-state index contributed by atoms with van der Waals surface area (Å²) in [5.41, 5.74) is 15.1. The van der Waals surface area contributed by atoms with E-state index in [2.05, 4.69) is 58.0 Å². The van der Waals surface area contributed by atoms with E-state index in [0.717, 1.165) is 22.2 Å². The van der Waals surface area contributed by atoms with Crippen molar-refractivity contribution in [2.24, 2.45) is 0 Å². The summed E-state index contributed by atoms with van der Waals surface area (Å²) >= 11 is 0. The summed E-state index contributed by atoms with van der Waals surface area (Å²) in [6.45, 7) is 14.5. The van der Waals surface area contributed by atoms with Gasteiger partial charge in [0.2, 0.25) is 5.95 Å². The highest BCUT2D eigenvalue weighted by atomic mass is 28.3. The maximum Gasteiger partial charge on any atom is 0.235 e. The van der Waals surface area contributed by atoms with Crippen molar-refractivity contribution in [2.45, 2.75) is 64.6 Å². The zero-order valence-corrected chi connectivity index (χ0v) is 22.2. The summed E-state index contributed by atoms with van der Waals surface area (Å²) < 4.78 is 7.29. The summed E-state index contributed by atoms with van der Waals surface area (Å²) in [5, 5.41) is 9.85. The van der Waals surface area contributed by atoms with Gasteiger partial charge < -0.3 is 15.6 Å². The van der Waals surface area contributed by atoms with Crippen molar-refractivity contribution in [3.63, 3.8) is 0 Å². The number of aliphatic hydroxyl groups excluding tert-OH is 1. The standard InChI is InChI=1S/C26H37N5O2Si/c1-18(2)34(19(3)4,20(5)6)16-10-21-7-8-22-24(25(21)27)23(9-14-33-15-13-32)30-26(29-22)31-12-11-28-17-31/h7-8,11-12,17-20,32H,9,13-15,27H2,1-6H3. The highest BCUT2D eigenvalue weighted by Gasteiger charge is 2.41. The summed E-state index contributed by atoms with van der Waals surface area (Å²) in [6, 6.07) is 3.95. The number of hydrogen-bond acceptors (Lipinski definition) is 6. The molecule has 0 saturated carbocycles. The highest BCUT2D eigenvalue weighted by molar-refractivity contribution is 6.90. The lowest BCUT2D eigenvalue weighted by molar-refractivity contribution is 0.0942. The molecule has 0 radical (unpaired) electrons. The van der Waals surface area contributed by atoms with Gasteiger partial charge in [-0.05, 0) is 28.8 Å². The Bertz CT molecular complexity index is 1140. The first kappa shape index (κ1) is 25.9. The average Bonchev–Trinajstić information content (AvgIpc) is 3.32. The van der Waals surface area contributed by atoms with Gasteiger partial charge in [-0.1, -0.05) is 47.5 Å². The van der Waals surface area contributed by atoms with Crippen LogP contribution in [-0.2, 0) is 11.2 Å². The Morgan fingerprint density at radius 2 is 1.76 bits per heavy atom. The van der Waals surface area contributed by atoms with E-state index in [1.807, 2.05) is 18.3 Å². The Kier molecular flexibility index (Phi) is 8.47. The first-order chi connectivity index (χ1) is 16.2. The summed E-state index contributed by atoms with van der Waals surface area (Å²) in [5.74, 6) is 4.02.